The summed E-state index contributed by atoms with van der Waals surface area (Å²) >= 11 is 0. The SMILES string of the molecule is CC(C)(N)[C@H](NC(=O)c1ccc(C#CC#CC2CCC(CO)CC2)cc1)C(=O)NO. The first-order valence-corrected chi connectivity index (χ1v) is 10.0. The monoisotopic (exact) mass is 411 g/mol. The molecular formula is C23H29N3O4. The van der Waals surface area contributed by atoms with Crippen LogP contribution < -0.4 is 16.5 Å². The molecule has 0 radical (unpaired) electrons. The van der Waals surface area contributed by atoms with Crippen molar-refractivity contribution in [2.24, 2.45) is 17.6 Å². The molecule has 1 aromatic carbocycles. The van der Waals surface area contributed by atoms with E-state index in [1.165, 1.54) is 5.48 Å². The summed E-state index contributed by atoms with van der Waals surface area (Å²) < 4.78 is 0. The molecule has 1 aliphatic rings. The third-order valence-corrected chi connectivity index (χ3v) is 5.19. The molecule has 0 spiro atoms. The fourth-order valence-electron chi connectivity index (χ4n) is 3.30. The van der Waals surface area contributed by atoms with E-state index in [-0.39, 0.29) is 6.61 Å². The summed E-state index contributed by atoms with van der Waals surface area (Å²) in [6.07, 6.45) is 4.02. The van der Waals surface area contributed by atoms with E-state index in [1.807, 2.05) is 0 Å². The van der Waals surface area contributed by atoms with Gasteiger partial charge in [-0.05, 0) is 81.6 Å². The number of aliphatic hydroxyl groups is 1. The predicted molar refractivity (Wildman–Crippen MR) is 113 cm³/mol. The topological polar surface area (TPSA) is 125 Å². The zero-order valence-corrected chi connectivity index (χ0v) is 17.4. The lowest BCUT2D eigenvalue weighted by Gasteiger charge is -2.29. The first kappa shape index (κ1) is 23.4. The van der Waals surface area contributed by atoms with Gasteiger partial charge in [-0.1, -0.05) is 11.8 Å². The second kappa shape index (κ2) is 10.8. The number of aliphatic hydroxyl groups excluding tert-OH is 1. The molecule has 0 heterocycles. The summed E-state index contributed by atoms with van der Waals surface area (Å²) in [6, 6.07) is 5.49. The van der Waals surface area contributed by atoms with Gasteiger partial charge in [0.05, 0.1) is 0 Å². The molecule has 0 unspecified atom stereocenters. The van der Waals surface area contributed by atoms with Gasteiger partial charge in [0, 0.05) is 29.2 Å². The Labute approximate surface area is 177 Å². The highest BCUT2D eigenvalue weighted by Gasteiger charge is 2.33. The number of hydroxylamine groups is 1. The van der Waals surface area contributed by atoms with Crippen molar-refractivity contribution in [2.45, 2.75) is 51.1 Å². The number of carbonyl (C=O) groups excluding carboxylic acids is 2. The van der Waals surface area contributed by atoms with Crippen LogP contribution in [0, 0.1) is 35.5 Å². The quantitative estimate of drug-likeness (QED) is 0.283. The molecule has 0 saturated heterocycles. The van der Waals surface area contributed by atoms with Gasteiger partial charge < -0.3 is 16.2 Å². The molecule has 2 rings (SSSR count). The maximum atomic E-state index is 12.4. The van der Waals surface area contributed by atoms with Gasteiger partial charge in [0.2, 0.25) is 0 Å². The van der Waals surface area contributed by atoms with Crippen molar-refractivity contribution >= 4 is 11.8 Å². The van der Waals surface area contributed by atoms with Gasteiger partial charge in [-0.2, -0.15) is 0 Å². The average Bonchev–Trinajstić information content (AvgIpc) is 2.74. The average molecular weight is 412 g/mol. The minimum atomic E-state index is -1.10. The smallest absolute Gasteiger partial charge is 0.267 e. The fraction of sp³-hybridized carbons (Fsp3) is 0.478. The number of hydrogen-bond acceptors (Lipinski definition) is 5. The highest BCUT2D eigenvalue weighted by Crippen LogP contribution is 2.27. The van der Waals surface area contributed by atoms with Crippen LogP contribution in [-0.4, -0.2) is 40.3 Å². The molecule has 30 heavy (non-hydrogen) atoms. The zero-order chi connectivity index (χ0) is 22.1. The van der Waals surface area contributed by atoms with Crippen LogP contribution in [0.2, 0.25) is 0 Å². The lowest BCUT2D eigenvalue weighted by atomic mass is 9.83. The maximum Gasteiger partial charge on any atom is 0.267 e. The molecule has 1 atom stereocenters. The van der Waals surface area contributed by atoms with Gasteiger partial charge in [-0.25, -0.2) is 5.48 Å². The van der Waals surface area contributed by atoms with Gasteiger partial charge in [0.15, 0.2) is 0 Å². The summed E-state index contributed by atoms with van der Waals surface area (Å²) in [5.74, 6) is 11.3. The summed E-state index contributed by atoms with van der Waals surface area (Å²) in [5, 5.41) is 20.6. The van der Waals surface area contributed by atoms with Crippen molar-refractivity contribution in [3.63, 3.8) is 0 Å². The molecule has 0 bridgehead atoms. The third-order valence-electron chi connectivity index (χ3n) is 5.19. The van der Waals surface area contributed by atoms with Gasteiger partial charge in [0.1, 0.15) is 6.04 Å². The Balaban J connectivity index is 1.96. The van der Waals surface area contributed by atoms with E-state index in [0.29, 0.717) is 23.0 Å². The molecule has 1 aliphatic carbocycles. The Morgan fingerprint density at radius 2 is 1.80 bits per heavy atom. The minimum Gasteiger partial charge on any atom is -0.396 e. The minimum absolute atomic E-state index is 0.257. The molecule has 1 saturated carbocycles. The summed E-state index contributed by atoms with van der Waals surface area (Å²) in [6.45, 7) is 3.41. The molecule has 0 aliphatic heterocycles. The first-order chi connectivity index (χ1) is 14.2. The fourth-order valence-corrected chi connectivity index (χ4v) is 3.30. The van der Waals surface area contributed by atoms with Gasteiger partial charge in [-0.3, -0.25) is 14.8 Å². The van der Waals surface area contributed by atoms with Crippen molar-refractivity contribution in [3.05, 3.63) is 35.4 Å². The normalized spacial score (nSPS) is 19.4. The number of benzene rings is 1. The van der Waals surface area contributed by atoms with Crippen molar-refractivity contribution in [1.29, 1.82) is 0 Å². The van der Waals surface area contributed by atoms with E-state index in [9.17, 15) is 9.59 Å². The number of rotatable bonds is 5. The van der Waals surface area contributed by atoms with E-state index in [0.717, 1.165) is 25.7 Å². The first-order valence-electron chi connectivity index (χ1n) is 10.0. The second-order valence-electron chi connectivity index (χ2n) is 8.20. The van der Waals surface area contributed by atoms with Crippen LogP contribution in [0.25, 0.3) is 0 Å². The maximum absolute atomic E-state index is 12.4. The van der Waals surface area contributed by atoms with Gasteiger partial charge >= 0.3 is 0 Å². The lowest BCUT2D eigenvalue weighted by Crippen LogP contribution is -2.61. The number of amides is 2. The molecule has 7 nitrogen and oxygen atoms in total. The largest absolute Gasteiger partial charge is 0.396 e. The number of carbonyl (C=O) groups is 2. The molecule has 0 aromatic heterocycles. The van der Waals surface area contributed by atoms with Gasteiger partial charge in [0.25, 0.3) is 11.8 Å². The van der Waals surface area contributed by atoms with E-state index in [2.05, 4.69) is 29.0 Å². The van der Waals surface area contributed by atoms with Crippen LogP contribution in [0.3, 0.4) is 0 Å². The predicted octanol–water partition coefficient (Wildman–Crippen LogP) is 1.18. The van der Waals surface area contributed by atoms with Crippen molar-refractivity contribution in [1.82, 2.24) is 10.8 Å². The molecule has 2 amide bonds. The van der Waals surface area contributed by atoms with Crippen LogP contribution >= 0.6 is 0 Å². The van der Waals surface area contributed by atoms with Crippen LogP contribution in [0.15, 0.2) is 24.3 Å². The van der Waals surface area contributed by atoms with E-state index in [4.69, 9.17) is 16.0 Å². The molecule has 1 fully saturated rings. The zero-order valence-electron chi connectivity index (χ0n) is 17.4. The highest BCUT2D eigenvalue weighted by molar-refractivity contribution is 5.97. The Kier molecular flexibility index (Phi) is 8.44. The third kappa shape index (κ3) is 6.89. The van der Waals surface area contributed by atoms with Crippen molar-refractivity contribution < 1.29 is 19.9 Å². The molecule has 160 valence electrons. The number of hydrogen-bond donors (Lipinski definition) is 5. The van der Waals surface area contributed by atoms with E-state index >= 15 is 0 Å². The lowest BCUT2D eigenvalue weighted by molar-refractivity contribution is -0.132. The van der Waals surface area contributed by atoms with Crippen LogP contribution in [0.5, 0.6) is 0 Å². The van der Waals surface area contributed by atoms with Crippen LogP contribution in [0.1, 0.15) is 55.5 Å². The molecule has 1 aromatic rings. The Morgan fingerprint density at radius 1 is 1.17 bits per heavy atom. The number of nitrogens with one attached hydrogen (secondary N) is 2. The van der Waals surface area contributed by atoms with Crippen molar-refractivity contribution in [2.75, 3.05) is 6.61 Å². The Hall–Kier alpha value is -2.84. The summed E-state index contributed by atoms with van der Waals surface area (Å²) in [7, 11) is 0. The van der Waals surface area contributed by atoms with Gasteiger partial charge in [-0.15, -0.1) is 0 Å². The molecule has 6 N–H and O–H groups in total. The highest BCUT2D eigenvalue weighted by atomic mass is 16.5. The molecular weight excluding hydrogens is 382 g/mol. The van der Waals surface area contributed by atoms with E-state index in [1.54, 1.807) is 38.1 Å². The summed E-state index contributed by atoms with van der Waals surface area (Å²) in [4.78, 5) is 24.2. The summed E-state index contributed by atoms with van der Waals surface area (Å²) in [5.41, 5.74) is 7.42. The van der Waals surface area contributed by atoms with E-state index < -0.39 is 23.4 Å². The Morgan fingerprint density at radius 3 is 2.33 bits per heavy atom. The second-order valence-corrected chi connectivity index (χ2v) is 8.20. The standard InChI is InChI=1S/C23H29N3O4/c1-23(2,24)20(22(29)26-30)25-21(28)19-13-11-17(12-14-19)6-4-3-5-16-7-9-18(15-27)10-8-16/h11-14,16,18,20,27,30H,7-10,15,24H2,1-2H3,(H,25,28)(H,26,29)/t16?,18?,20-/m1/s1. The number of nitrogens with two attached hydrogens (primary N) is 1. The van der Waals surface area contributed by atoms with Crippen molar-refractivity contribution in [3.8, 4) is 23.7 Å². The van der Waals surface area contributed by atoms with Crippen LogP contribution in [-0.2, 0) is 4.79 Å². The molecule has 7 heteroatoms. The van der Waals surface area contributed by atoms with Crippen LogP contribution in [0.4, 0.5) is 0 Å². The Bertz CT molecular complexity index is 858.